The van der Waals surface area contributed by atoms with Crippen molar-refractivity contribution in [2.24, 2.45) is 11.7 Å². The predicted octanol–water partition coefficient (Wildman–Crippen LogP) is 2.76. The van der Waals surface area contributed by atoms with E-state index in [0.717, 1.165) is 30.2 Å². The SMILES string of the molecule is CC1CCCC(NC(=O)c2csc(CCN)n2)CC1.Cl. The summed E-state index contributed by atoms with van der Waals surface area (Å²) in [5.74, 6) is 0.761. The van der Waals surface area contributed by atoms with Crippen LogP contribution in [0.2, 0.25) is 0 Å². The van der Waals surface area contributed by atoms with E-state index in [-0.39, 0.29) is 18.3 Å². The number of rotatable bonds is 4. The molecule has 1 saturated carbocycles. The third-order valence-corrected chi connectivity index (χ3v) is 4.64. The van der Waals surface area contributed by atoms with Gasteiger partial charge < -0.3 is 11.1 Å². The number of carbonyl (C=O) groups excluding carboxylic acids is 1. The van der Waals surface area contributed by atoms with Crippen molar-refractivity contribution in [2.45, 2.75) is 51.5 Å². The lowest BCUT2D eigenvalue weighted by Gasteiger charge is -2.15. The summed E-state index contributed by atoms with van der Waals surface area (Å²) in [7, 11) is 0. The summed E-state index contributed by atoms with van der Waals surface area (Å²) < 4.78 is 0. The number of nitrogens with zero attached hydrogens (tertiary/aromatic N) is 1. The Bertz CT molecular complexity index is 424. The number of aromatic nitrogens is 1. The maximum atomic E-state index is 12.1. The number of thiazole rings is 1. The molecule has 0 spiro atoms. The van der Waals surface area contributed by atoms with Crippen LogP contribution in [-0.4, -0.2) is 23.5 Å². The lowest BCUT2D eigenvalue weighted by molar-refractivity contribution is 0.0928. The Labute approximate surface area is 131 Å². The van der Waals surface area contributed by atoms with Crippen LogP contribution in [0, 0.1) is 5.92 Å². The van der Waals surface area contributed by atoms with Crippen LogP contribution in [0.1, 0.15) is 54.5 Å². The smallest absolute Gasteiger partial charge is 0.270 e. The van der Waals surface area contributed by atoms with Crippen molar-refractivity contribution in [3.05, 3.63) is 16.1 Å². The van der Waals surface area contributed by atoms with E-state index in [1.807, 2.05) is 5.38 Å². The van der Waals surface area contributed by atoms with Gasteiger partial charge in [0.2, 0.25) is 0 Å². The van der Waals surface area contributed by atoms with Gasteiger partial charge in [-0.1, -0.05) is 19.8 Å². The first-order valence-corrected chi connectivity index (χ1v) is 8.02. The van der Waals surface area contributed by atoms with Gasteiger partial charge in [-0.15, -0.1) is 23.7 Å². The van der Waals surface area contributed by atoms with Gasteiger partial charge in [0.25, 0.3) is 5.91 Å². The van der Waals surface area contributed by atoms with E-state index in [1.54, 1.807) is 0 Å². The minimum absolute atomic E-state index is 0. The highest BCUT2D eigenvalue weighted by Crippen LogP contribution is 2.23. The van der Waals surface area contributed by atoms with Crippen molar-refractivity contribution in [1.29, 1.82) is 0 Å². The topological polar surface area (TPSA) is 68.0 Å². The molecule has 114 valence electrons. The first kappa shape index (κ1) is 17.4. The minimum Gasteiger partial charge on any atom is -0.348 e. The van der Waals surface area contributed by atoms with Crippen molar-refractivity contribution in [3.8, 4) is 0 Å². The van der Waals surface area contributed by atoms with Gasteiger partial charge >= 0.3 is 0 Å². The fraction of sp³-hybridized carbons (Fsp3) is 0.714. The van der Waals surface area contributed by atoms with E-state index in [9.17, 15) is 4.79 Å². The van der Waals surface area contributed by atoms with Crippen LogP contribution in [0.15, 0.2) is 5.38 Å². The van der Waals surface area contributed by atoms with Crippen molar-refractivity contribution in [2.75, 3.05) is 6.54 Å². The zero-order valence-electron chi connectivity index (χ0n) is 11.9. The fourth-order valence-corrected chi connectivity index (χ4v) is 3.34. The average Bonchev–Trinajstić information content (AvgIpc) is 2.75. The lowest BCUT2D eigenvalue weighted by atomic mass is 10.0. The van der Waals surface area contributed by atoms with Crippen LogP contribution in [0.3, 0.4) is 0 Å². The molecule has 0 bridgehead atoms. The largest absolute Gasteiger partial charge is 0.348 e. The quantitative estimate of drug-likeness (QED) is 0.839. The second kappa shape index (κ2) is 8.60. The summed E-state index contributed by atoms with van der Waals surface area (Å²) in [4.78, 5) is 16.5. The molecule has 1 amide bonds. The molecule has 3 N–H and O–H groups in total. The first-order chi connectivity index (χ1) is 9.19. The second-order valence-corrected chi connectivity index (χ2v) is 6.39. The number of nitrogens with one attached hydrogen (secondary N) is 1. The van der Waals surface area contributed by atoms with E-state index in [4.69, 9.17) is 5.73 Å². The Morgan fingerprint density at radius 3 is 3.00 bits per heavy atom. The van der Waals surface area contributed by atoms with Crippen LogP contribution < -0.4 is 11.1 Å². The van der Waals surface area contributed by atoms with Gasteiger partial charge in [0, 0.05) is 17.8 Å². The van der Waals surface area contributed by atoms with Crippen LogP contribution in [0.25, 0.3) is 0 Å². The molecule has 4 nitrogen and oxygen atoms in total. The average molecular weight is 318 g/mol. The highest BCUT2D eigenvalue weighted by atomic mass is 35.5. The van der Waals surface area contributed by atoms with Gasteiger partial charge in [0.15, 0.2) is 0 Å². The van der Waals surface area contributed by atoms with Crippen molar-refractivity contribution in [1.82, 2.24) is 10.3 Å². The summed E-state index contributed by atoms with van der Waals surface area (Å²) in [6.45, 7) is 2.87. The number of halogens is 1. The summed E-state index contributed by atoms with van der Waals surface area (Å²) in [5, 5.41) is 5.90. The van der Waals surface area contributed by atoms with Gasteiger partial charge in [-0.2, -0.15) is 0 Å². The summed E-state index contributed by atoms with van der Waals surface area (Å²) in [6.07, 6.45) is 6.63. The lowest BCUT2D eigenvalue weighted by Crippen LogP contribution is -2.34. The summed E-state index contributed by atoms with van der Waals surface area (Å²) in [6, 6.07) is 0.317. The second-order valence-electron chi connectivity index (χ2n) is 5.45. The van der Waals surface area contributed by atoms with Crippen LogP contribution >= 0.6 is 23.7 Å². The van der Waals surface area contributed by atoms with Crippen molar-refractivity contribution in [3.63, 3.8) is 0 Å². The van der Waals surface area contributed by atoms with E-state index >= 15 is 0 Å². The van der Waals surface area contributed by atoms with E-state index < -0.39 is 0 Å². The van der Waals surface area contributed by atoms with Gasteiger partial charge in [0.1, 0.15) is 5.69 Å². The standard InChI is InChI=1S/C14H23N3OS.ClH/c1-10-3-2-4-11(6-5-10)16-14(18)12-9-19-13(17-12)7-8-15;/h9-11H,2-8,15H2,1H3,(H,16,18);1H. The number of amides is 1. The maximum Gasteiger partial charge on any atom is 0.270 e. The molecule has 0 aliphatic heterocycles. The molecule has 2 rings (SSSR count). The third kappa shape index (κ3) is 5.04. The Hall–Kier alpha value is -0.650. The van der Waals surface area contributed by atoms with E-state index in [2.05, 4.69) is 17.2 Å². The van der Waals surface area contributed by atoms with Crippen molar-refractivity contribution < 1.29 is 4.79 Å². The summed E-state index contributed by atoms with van der Waals surface area (Å²) in [5.41, 5.74) is 6.04. The Morgan fingerprint density at radius 1 is 1.45 bits per heavy atom. The molecule has 20 heavy (non-hydrogen) atoms. The zero-order chi connectivity index (χ0) is 13.7. The minimum atomic E-state index is -0.0286. The predicted molar refractivity (Wildman–Crippen MR) is 85.6 cm³/mol. The molecule has 1 aromatic heterocycles. The molecule has 0 radical (unpaired) electrons. The van der Waals surface area contributed by atoms with Crippen molar-refractivity contribution >= 4 is 29.7 Å². The first-order valence-electron chi connectivity index (χ1n) is 7.14. The molecule has 1 aliphatic rings. The zero-order valence-corrected chi connectivity index (χ0v) is 13.6. The molecule has 1 heterocycles. The van der Waals surface area contributed by atoms with Gasteiger partial charge in [0.05, 0.1) is 5.01 Å². The molecule has 1 fully saturated rings. The highest BCUT2D eigenvalue weighted by Gasteiger charge is 2.19. The van der Waals surface area contributed by atoms with Crippen LogP contribution in [0.4, 0.5) is 0 Å². The normalized spacial score (nSPS) is 22.7. The molecular formula is C14H24ClN3OS. The molecule has 2 unspecified atom stereocenters. The number of hydrogen-bond donors (Lipinski definition) is 2. The highest BCUT2D eigenvalue weighted by molar-refractivity contribution is 7.09. The molecule has 6 heteroatoms. The third-order valence-electron chi connectivity index (χ3n) is 3.74. The molecule has 1 aliphatic carbocycles. The van der Waals surface area contributed by atoms with Crippen LogP contribution in [0.5, 0.6) is 0 Å². The molecule has 0 saturated heterocycles. The van der Waals surface area contributed by atoms with Gasteiger partial charge in [-0.25, -0.2) is 4.98 Å². The summed E-state index contributed by atoms with van der Waals surface area (Å²) >= 11 is 1.52. The number of nitrogens with two attached hydrogens (primary N) is 1. The Balaban J connectivity index is 0.00000200. The van der Waals surface area contributed by atoms with E-state index in [0.29, 0.717) is 18.3 Å². The maximum absolute atomic E-state index is 12.1. The fourth-order valence-electron chi connectivity index (χ4n) is 2.54. The van der Waals surface area contributed by atoms with Gasteiger partial charge in [-0.3, -0.25) is 4.79 Å². The Morgan fingerprint density at radius 2 is 2.25 bits per heavy atom. The molecule has 0 aromatic carbocycles. The molecule has 2 atom stereocenters. The number of hydrogen-bond acceptors (Lipinski definition) is 4. The van der Waals surface area contributed by atoms with E-state index in [1.165, 1.54) is 30.6 Å². The Kier molecular flexibility index (Phi) is 7.48. The molecule has 1 aromatic rings. The van der Waals surface area contributed by atoms with Gasteiger partial charge in [-0.05, 0) is 31.7 Å². The monoisotopic (exact) mass is 317 g/mol. The molecular weight excluding hydrogens is 294 g/mol. The number of carbonyl (C=O) groups is 1. The van der Waals surface area contributed by atoms with Crippen LogP contribution in [-0.2, 0) is 6.42 Å².